The van der Waals surface area contributed by atoms with E-state index >= 15 is 0 Å². The van der Waals surface area contributed by atoms with Gasteiger partial charge in [-0.3, -0.25) is 9.10 Å². The second-order valence-electron chi connectivity index (χ2n) is 7.08. The number of hydrogen-bond donors (Lipinski definition) is 1. The van der Waals surface area contributed by atoms with Gasteiger partial charge in [-0.05, 0) is 56.2 Å². The molecule has 0 radical (unpaired) electrons. The Morgan fingerprint density at radius 2 is 1.83 bits per heavy atom. The van der Waals surface area contributed by atoms with E-state index in [0.717, 1.165) is 27.3 Å². The SMILES string of the molecule is C/C(=N\NC(=O)CN(c1cccc(C)c1C)S(C)(=O)=O)c1ccc2c(c1)OCCO2. The molecule has 1 aliphatic heterocycles. The minimum atomic E-state index is -3.66. The van der Waals surface area contributed by atoms with Crippen LogP contribution < -0.4 is 19.2 Å². The van der Waals surface area contributed by atoms with Gasteiger partial charge in [0, 0.05) is 5.56 Å². The van der Waals surface area contributed by atoms with Crippen LogP contribution in [0.25, 0.3) is 0 Å². The molecule has 0 aromatic heterocycles. The first-order chi connectivity index (χ1) is 14.2. The third-order valence-corrected chi connectivity index (χ3v) is 5.97. The number of hydrogen-bond acceptors (Lipinski definition) is 6. The maximum Gasteiger partial charge on any atom is 0.260 e. The monoisotopic (exact) mass is 431 g/mol. The molecule has 0 saturated carbocycles. The van der Waals surface area contributed by atoms with Gasteiger partial charge in [-0.25, -0.2) is 13.8 Å². The maximum absolute atomic E-state index is 12.5. The number of ether oxygens (including phenoxy) is 2. The highest BCUT2D eigenvalue weighted by molar-refractivity contribution is 7.92. The van der Waals surface area contributed by atoms with E-state index in [1.807, 2.05) is 26.0 Å². The number of carbonyl (C=O) groups is 1. The smallest absolute Gasteiger partial charge is 0.260 e. The molecule has 1 heterocycles. The summed E-state index contributed by atoms with van der Waals surface area (Å²) in [6.07, 6.45) is 1.08. The van der Waals surface area contributed by atoms with E-state index < -0.39 is 15.9 Å². The van der Waals surface area contributed by atoms with E-state index in [-0.39, 0.29) is 6.54 Å². The van der Waals surface area contributed by atoms with E-state index in [2.05, 4.69) is 10.5 Å². The van der Waals surface area contributed by atoms with Crippen LogP contribution in [0.1, 0.15) is 23.6 Å². The summed E-state index contributed by atoms with van der Waals surface area (Å²) < 4.78 is 36.8. The summed E-state index contributed by atoms with van der Waals surface area (Å²) in [4.78, 5) is 12.5. The molecule has 0 unspecified atom stereocenters. The van der Waals surface area contributed by atoms with Gasteiger partial charge in [0.25, 0.3) is 5.91 Å². The average molecular weight is 432 g/mol. The molecule has 3 rings (SSSR count). The van der Waals surface area contributed by atoms with Crippen LogP contribution in [0, 0.1) is 13.8 Å². The Kier molecular flexibility index (Phi) is 6.31. The summed E-state index contributed by atoms with van der Waals surface area (Å²) in [6.45, 7) is 6.06. The second kappa shape index (κ2) is 8.74. The van der Waals surface area contributed by atoms with Gasteiger partial charge >= 0.3 is 0 Å². The highest BCUT2D eigenvalue weighted by atomic mass is 32.2. The van der Waals surface area contributed by atoms with Crippen molar-refractivity contribution in [1.82, 2.24) is 5.43 Å². The van der Waals surface area contributed by atoms with Crippen molar-refractivity contribution < 1.29 is 22.7 Å². The van der Waals surface area contributed by atoms with Crippen molar-refractivity contribution >= 4 is 27.3 Å². The first-order valence-corrected chi connectivity index (χ1v) is 11.3. The van der Waals surface area contributed by atoms with Gasteiger partial charge in [0.2, 0.25) is 10.0 Å². The van der Waals surface area contributed by atoms with Crippen LogP contribution in [0.15, 0.2) is 41.5 Å². The molecule has 2 aromatic rings. The van der Waals surface area contributed by atoms with Crippen molar-refractivity contribution in [3.8, 4) is 11.5 Å². The van der Waals surface area contributed by atoms with Crippen molar-refractivity contribution in [3.05, 3.63) is 53.1 Å². The molecule has 0 spiro atoms. The van der Waals surface area contributed by atoms with Gasteiger partial charge in [-0.2, -0.15) is 5.10 Å². The summed E-state index contributed by atoms with van der Waals surface area (Å²) in [5, 5.41) is 4.11. The molecule has 0 saturated heterocycles. The molecule has 8 nitrogen and oxygen atoms in total. The highest BCUT2D eigenvalue weighted by Crippen LogP contribution is 2.31. The van der Waals surface area contributed by atoms with Gasteiger partial charge in [-0.1, -0.05) is 12.1 Å². The molecule has 1 amide bonds. The molecule has 0 fully saturated rings. The maximum atomic E-state index is 12.5. The number of amides is 1. The number of fused-ring (bicyclic) bond motifs is 1. The lowest BCUT2D eigenvalue weighted by Gasteiger charge is -2.24. The molecule has 0 aliphatic carbocycles. The van der Waals surface area contributed by atoms with E-state index in [1.54, 1.807) is 31.2 Å². The summed E-state index contributed by atoms with van der Waals surface area (Å²) in [5.41, 5.74) is 5.96. The van der Waals surface area contributed by atoms with Crippen LogP contribution in [0.4, 0.5) is 5.69 Å². The number of carbonyl (C=O) groups excluding carboxylic acids is 1. The molecule has 2 aromatic carbocycles. The van der Waals surface area contributed by atoms with Crippen LogP contribution in [-0.4, -0.2) is 46.1 Å². The van der Waals surface area contributed by atoms with Crippen LogP contribution >= 0.6 is 0 Å². The molecule has 1 aliphatic rings. The van der Waals surface area contributed by atoms with Crippen LogP contribution in [0.2, 0.25) is 0 Å². The number of sulfonamides is 1. The van der Waals surface area contributed by atoms with Crippen molar-refractivity contribution in [2.45, 2.75) is 20.8 Å². The summed E-state index contributed by atoms with van der Waals surface area (Å²) in [7, 11) is -3.66. The number of anilines is 1. The minimum Gasteiger partial charge on any atom is -0.486 e. The van der Waals surface area contributed by atoms with Crippen LogP contribution in [0.3, 0.4) is 0 Å². The lowest BCUT2D eigenvalue weighted by atomic mass is 10.1. The standard InChI is InChI=1S/C21H25N3O5S/c1-14-6-5-7-18(15(14)2)24(30(4,26)27)13-21(25)23-22-16(3)17-8-9-19-20(12-17)29-11-10-28-19/h5-9,12H,10-11,13H2,1-4H3,(H,23,25)/b22-16+. The van der Waals surface area contributed by atoms with E-state index in [0.29, 0.717) is 36.1 Å². The molecular formula is C21H25N3O5S. The minimum absolute atomic E-state index is 0.374. The quantitative estimate of drug-likeness (QED) is 0.559. The number of rotatable bonds is 6. The fourth-order valence-corrected chi connectivity index (χ4v) is 3.94. The predicted molar refractivity (Wildman–Crippen MR) is 116 cm³/mol. The van der Waals surface area contributed by atoms with Gasteiger partial charge < -0.3 is 9.47 Å². The zero-order valence-corrected chi connectivity index (χ0v) is 18.2. The molecule has 9 heteroatoms. The molecule has 0 atom stereocenters. The molecule has 0 bridgehead atoms. The van der Waals surface area contributed by atoms with Crippen LogP contribution in [0.5, 0.6) is 11.5 Å². The Labute approximate surface area is 176 Å². The van der Waals surface area contributed by atoms with Crippen molar-refractivity contribution in [2.75, 3.05) is 30.3 Å². The average Bonchev–Trinajstić information content (AvgIpc) is 2.71. The Hall–Kier alpha value is -3.07. The van der Waals surface area contributed by atoms with Gasteiger partial charge in [0.1, 0.15) is 19.8 Å². The normalized spacial score (nSPS) is 13.7. The van der Waals surface area contributed by atoms with E-state index in [4.69, 9.17) is 9.47 Å². The first-order valence-electron chi connectivity index (χ1n) is 9.44. The summed E-state index contributed by atoms with van der Waals surface area (Å²) >= 11 is 0. The van der Waals surface area contributed by atoms with Gasteiger partial charge in [0.15, 0.2) is 11.5 Å². The third kappa shape index (κ3) is 4.91. The third-order valence-electron chi connectivity index (χ3n) is 4.84. The van der Waals surface area contributed by atoms with Crippen LogP contribution in [-0.2, 0) is 14.8 Å². The number of nitrogens with zero attached hydrogens (tertiary/aromatic N) is 2. The highest BCUT2D eigenvalue weighted by Gasteiger charge is 2.23. The largest absolute Gasteiger partial charge is 0.486 e. The lowest BCUT2D eigenvalue weighted by Crippen LogP contribution is -2.39. The number of benzene rings is 2. The first kappa shape index (κ1) is 21.6. The van der Waals surface area contributed by atoms with Gasteiger partial charge in [0.05, 0.1) is 17.7 Å². The van der Waals surface area contributed by atoms with Gasteiger partial charge in [-0.15, -0.1) is 0 Å². The molecule has 1 N–H and O–H groups in total. The zero-order valence-electron chi connectivity index (χ0n) is 17.4. The summed E-state index contributed by atoms with van der Waals surface area (Å²) in [6, 6.07) is 10.7. The fourth-order valence-electron chi connectivity index (χ4n) is 3.03. The molecule has 160 valence electrons. The van der Waals surface area contributed by atoms with Crippen molar-refractivity contribution in [2.24, 2.45) is 5.10 Å². The molecule has 30 heavy (non-hydrogen) atoms. The summed E-state index contributed by atoms with van der Waals surface area (Å²) in [5.74, 6) is 0.746. The predicted octanol–water partition coefficient (Wildman–Crippen LogP) is 2.38. The number of aryl methyl sites for hydroxylation is 1. The zero-order chi connectivity index (χ0) is 21.9. The van der Waals surface area contributed by atoms with Crippen molar-refractivity contribution in [3.63, 3.8) is 0 Å². The van der Waals surface area contributed by atoms with E-state index in [9.17, 15) is 13.2 Å². The molecular weight excluding hydrogens is 406 g/mol. The Balaban J connectivity index is 1.75. The Bertz CT molecular complexity index is 1100. The van der Waals surface area contributed by atoms with Crippen molar-refractivity contribution in [1.29, 1.82) is 0 Å². The fraction of sp³-hybridized carbons (Fsp3) is 0.333. The lowest BCUT2D eigenvalue weighted by molar-refractivity contribution is -0.119. The second-order valence-corrected chi connectivity index (χ2v) is 8.99. The topological polar surface area (TPSA) is 97.3 Å². The Morgan fingerprint density at radius 3 is 2.53 bits per heavy atom. The number of nitrogens with one attached hydrogen (secondary N) is 1. The number of hydrazone groups is 1. The van der Waals surface area contributed by atoms with E-state index in [1.165, 1.54) is 0 Å². The Morgan fingerprint density at radius 1 is 1.13 bits per heavy atom.